The zero-order chi connectivity index (χ0) is 21.3. The number of carbonyl (C=O) groups excluding carboxylic acids is 3. The van der Waals surface area contributed by atoms with Crippen molar-refractivity contribution < 1.29 is 33.4 Å². The smallest absolute Gasteiger partial charge is 0.326 e. The number of halogens is 1. The highest BCUT2D eigenvalue weighted by molar-refractivity contribution is 5.90. The van der Waals surface area contributed by atoms with Crippen molar-refractivity contribution in [2.24, 2.45) is 5.92 Å². The lowest BCUT2D eigenvalue weighted by molar-refractivity contribution is -0.147. The SMILES string of the molecule is CCOC(=O)C[C@@H](C)[C@@H](NC(=O)[C@@H](Cc1ccccc1F)NC(C)=O)C(=O)O. The minimum absolute atomic E-state index is 0.156. The van der Waals surface area contributed by atoms with E-state index in [1.54, 1.807) is 13.0 Å². The molecule has 0 saturated heterocycles. The third-order valence-electron chi connectivity index (χ3n) is 4.00. The molecule has 0 heterocycles. The summed E-state index contributed by atoms with van der Waals surface area (Å²) in [5, 5.41) is 14.1. The second-order valence-electron chi connectivity index (χ2n) is 6.36. The van der Waals surface area contributed by atoms with Gasteiger partial charge in [-0.3, -0.25) is 14.4 Å². The molecule has 0 bridgehead atoms. The summed E-state index contributed by atoms with van der Waals surface area (Å²) in [6, 6.07) is 3.21. The van der Waals surface area contributed by atoms with Crippen LogP contribution in [0.5, 0.6) is 0 Å². The number of aliphatic carboxylic acids is 1. The molecule has 8 nitrogen and oxygen atoms in total. The predicted molar refractivity (Wildman–Crippen MR) is 97.7 cm³/mol. The van der Waals surface area contributed by atoms with Crippen molar-refractivity contribution in [2.45, 2.75) is 45.7 Å². The highest BCUT2D eigenvalue weighted by atomic mass is 19.1. The Hall–Kier alpha value is -2.97. The van der Waals surface area contributed by atoms with Crippen molar-refractivity contribution in [3.8, 4) is 0 Å². The van der Waals surface area contributed by atoms with Crippen molar-refractivity contribution >= 4 is 23.8 Å². The molecule has 1 rings (SSSR count). The maximum atomic E-state index is 13.9. The van der Waals surface area contributed by atoms with Crippen LogP contribution in [-0.2, 0) is 30.3 Å². The number of rotatable bonds is 10. The quantitative estimate of drug-likeness (QED) is 0.508. The summed E-state index contributed by atoms with van der Waals surface area (Å²) in [5.74, 6) is -4.54. The lowest BCUT2D eigenvalue weighted by Gasteiger charge is -2.24. The van der Waals surface area contributed by atoms with Crippen molar-refractivity contribution in [1.29, 1.82) is 0 Å². The summed E-state index contributed by atoms with van der Waals surface area (Å²) < 4.78 is 18.7. The van der Waals surface area contributed by atoms with Gasteiger partial charge in [0.05, 0.1) is 13.0 Å². The summed E-state index contributed by atoms with van der Waals surface area (Å²) in [7, 11) is 0. The fourth-order valence-corrected chi connectivity index (χ4v) is 2.64. The van der Waals surface area contributed by atoms with Crippen molar-refractivity contribution in [3.63, 3.8) is 0 Å². The molecule has 0 aliphatic carbocycles. The summed E-state index contributed by atoms with van der Waals surface area (Å²) in [6.45, 7) is 4.46. The second-order valence-corrected chi connectivity index (χ2v) is 6.36. The number of hydrogen-bond donors (Lipinski definition) is 3. The Bertz CT molecular complexity index is 724. The molecule has 0 aromatic heterocycles. The molecular formula is C19H25FN2O6. The molecule has 3 N–H and O–H groups in total. The van der Waals surface area contributed by atoms with Gasteiger partial charge in [-0.05, 0) is 24.5 Å². The number of carboxylic acid groups (broad SMARTS) is 1. The van der Waals surface area contributed by atoms with E-state index in [0.717, 1.165) is 0 Å². The first-order valence-corrected chi connectivity index (χ1v) is 8.85. The molecule has 3 atom stereocenters. The fourth-order valence-electron chi connectivity index (χ4n) is 2.64. The fraction of sp³-hybridized carbons (Fsp3) is 0.474. The number of esters is 1. The topological polar surface area (TPSA) is 122 Å². The van der Waals surface area contributed by atoms with Crippen LogP contribution in [0, 0.1) is 11.7 Å². The first-order chi connectivity index (χ1) is 13.1. The number of hydrogen-bond acceptors (Lipinski definition) is 5. The van der Waals surface area contributed by atoms with Crippen LogP contribution in [-0.4, -0.2) is 47.6 Å². The molecule has 0 aliphatic heterocycles. The summed E-state index contributed by atoms with van der Waals surface area (Å²) >= 11 is 0. The van der Waals surface area contributed by atoms with Gasteiger partial charge in [0.1, 0.15) is 17.9 Å². The molecule has 9 heteroatoms. The third-order valence-corrected chi connectivity index (χ3v) is 4.00. The first-order valence-electron chi connectivity index (χ1n) is 8.85. The van der Waals surface area contributed by atoms with E-state index < -0.39 is 47.6 Å². The van der Waals surface area contributed by atoms with E-state index in [4.69, 9.17) is 4.74 Å². The summed E-state index contributed by atoms with van der Waals surface area (Å²) in [5.41, 5.74) is 0.197. The highest BCUT2D eigenvalue weighted by Gasteiger charge is 2.31. The van der Waals surface area contributed by atoms with Crippen LogP contribution in [0.2, 0.25) is 0 Å². The van der Waals surface area contributed by atoms with Gasteiger partial charge in [-0.15, -0.1) is 0 Å². The number of nitrogens with one attached hydrogen (secondary N) is 2. The average Bonchev–Trinajstić information content (AvgIpc) is 2.60. The van der Waals surface area contributed by atoms with Gasteiger partial charge < -0.3 is 20.5 Å². The second kappa shape index (κ2) is 11.0. The van der Waals surface area contributed by atoms with Crippen LogP contribution >= 0.6 is 0 Å². The van der Waals surface area contributed by atoms with Crippen LogP contribution in [0.1, 0.15) is 32.8 Å². The Kier molecular flexibility index (Phi) is 9.07. The minimum atomic E-state index is -1.38. The van der Waals surface area contributed by atoms with Gasteiger partial charge in [0.2, 0.25) is 11.8 Å². The van der Waals surface area contributed by atoms with Gasteiger partial charge in [0, 0.05) is 13.3 Å². The van der Waals surface area contributed by atoms with Crippen molar-refractivity contribution in [2.75, 3.05) is 6.61 Å². The molecule has 0 saturated carbocycles. The zero-order valence-corrected chi connectivity index (χ0v) is 16.0. The average molecular weight is 396 g/mol. The lowest BCUT2D eigenvalue weighted by atomic mass is 9.97. The number of ether oxygens (including phenoxy) is 1. The van der Waals surface area contributed by atoms with Crippen LogP contribution in [0.4, 0.5) is 4.39 Å². The van der Waals surface area contributed by atoms with Gasteiger partial charge in [-0.25, -0.2) is 9.18 Å². The van der Waals surface area contributed by atoms with E-state index in [0.29, 0.717) is 0 Å². The van der Waals surface area contributed by atoms with Crippen LogP contribution in [0.3, 0.4) is 0 Å². The maximum absolute atomic E-state index is 13.9. The molecule has 154 valence electrons. The predicted octanol–water partition coefficient (Wildman–Crippen LogP) is 1.03. The van der Waals surface area contributed by atoms with Crippen LogP contribution < -0.4 is 10.6 Å². The van der Waals surface area contributed by atoms with E-state index in [9.17, 15) is 28.7 Å². The number of amides is 2. The Morgan fingerprint density at radius 2 is 1.82 bits per heavy atom. The van der Waals surface area contributed by atoms with E-state index in [-0.39, 0.29) is 25.0 Å². The molecule has 1 aromatic rings. The standard InChI is InChI=1S/C19H25FN2O6/c1-4-28-16(24)9-11(2)17(19(26)27)22-18(25)15(21-12(3)23)10-13-7-5-6-8-14(13)20/h5-8,11,15,17H,4,9-10H2,1-3H3,(H,21,23)(H,22,25)(H,26,27)/t11-,15-,17-/m1/s1. The highest BCUT2D eigenvalue weighted by Crippen LogP contribution is 2.13. The molecule has 0 fully saturated rings. The Balaban J connectivity index is 2.93. The Morgan fingerprint density at radius 3 is 2.36 bits per heavy atom. The summed E-state index contributed by atoms with van der Waals surface area (Å²) in [6.07, 6.45) is -0.361. The van der Waals surface area contributed by atoms with Gasteiger partial charge >= 0.3 is 11.9 Å². The molecule has 0 unspecified atom stereocenters. The zero-order valence-electron chi connectivity index (χ0n) is 16.0. The van der Waals surface area contributed by atoms with Crippen LogP contribution in [0.15, 0.2) is 24.3 Å². The van der Waals surface area contributed by atoms with Gasteiger partial charge in [0.15, 0.2) is 0 Å². The molecule has 28 heavy (non-hydrogen) atoms. The molecule has 0 aliphatic rings. The van der Waals surface area contributed by atoms with E-state index in [1.165, 1.54) is 32.0 Å². The minimum Gasteiger partial charge on any atom is -0.480 e. The van der Waals surface area contributed by atoms with Crippen LogP contribution in [0.25, 0.3) is 0 Å². The molecule has 0 radical (unpaired) electrons. The van der Waals surface area contributed by atoms with Gasteiger partial charge in [0.25, 0.3) is 0 Å². The Morgan fingerprint density at radius 1 is 1.18 bits per heavy atom. The molecule has 1 aromatic carbocycles. The third kappa shape index (κ3) is 7.34. The van der Waals surface area contributed by atoms with Gasteiger partial charge in [-0.1, -0.05) is 25.1 Å². The van der Waals surface area contributed by atoms with E-state index in [1.807, 2.05) is 0 Å². The van der Waals surface area contributed by atoms with Crippen molar-refractivity contribution in [1.82, 2.24) is 10.6 Å². The Labute approximate surface area is 162 Å². The molecule has 0 spiro atoms. The molecular weight excluding hydrogens is 371 g/mol. The molecule has 2 amide bonds. The van der Waals surface area contributed by atoms with Gasteiger partial charge in [-0.2, -0.15) is 0 Å². The number of carbonyl (C=O) groups is 4. The number of carboxylic acids is 1. The maximum Gasteiger partial charge on any atom is 0.326 e. The number of benzene rings is 1. The van der Waals surface area contributed by atoms with E-state index >= 15 is 0 Å². The van der Waals surface area contributed by atoms with E-state index in [2.05, 4.69) is 10.6 Å². The van der Waals surface area contributed by atoms with Crippen molar-refractivity contribution in [3.05, 3.63) is 35.6 Å². The lowest BCUT2D eigenvalue weighted by Crippen LogP contribution is -2.54. The normalized spacial score (nSPS) is 13.7. The first kappa shape index (κ1) is 23.1. The summed E-state index contributed by atoms with van der Waals surface area (Å²) in [4.78, 5) is 47.2. The monoisotopic (exact) mass is 396 g/mol. The largest absolute Gasteiger partial charge is 0.480 e.